The molecule has 1 aromatic heterocycles. The molecule has 0 saturated carbocycles. The van der Waals surface area contributed by atoms with Crippen LogP contribution in [0, 0.1) is 5.82 Å². The summed E-state index contributed by atoms with van der Waals surface area (Å²) in [6, 6.07) is 10.3. The van der Waals surface area contributed by atoms with E-state index in [1.165, 1.54) is 24.0 Å². The van der Waals surface area contributed by atoms with Crippen LogP contribution in [0.2, 0.25) is 5.02 Å². The number of amides is 2. The summed E-state index contributed by atoms with van der Waals surface area (Å²) in [5, 5.41) is 3.37. The number of nitrogens with two attached hydrogens (primary N) is 1. The Labute approximate surface area is 201 Å². The van der Waals surface area contributed by atoms with E-state index in [9.17, 15) is 18.8 Å². The Morgan fingerprint density at radius 3 is 2.68 bits per heavy atom. The topological polar surface area (TPSA) is 97.4 Å². The van der Waals surface area contributed by atoms with Crippen LogP contribution in [0.1, 0.15) is 22.8 Å². The summed E-state index contributed by atoms with van der Waals surface area (Å²) in [6.07, 6.45) is 1.65. The van der Waals surface area contributed by atoms with Crippen LogP contribution in [0.25, 0.3) is 10.9 Å². The van der Waals surface area contributed by atoms with Gasteiger partial charge in [0.25, 0.3) is 0 Å². The van der Waals surface area contributed by atoms with Crippen molar-refractivity contribution in [2.24, 2.45) is 5.73 Å². The summed E-state index contributed by atoms with van der Waals surface area (Å²) in [5.41, 5.74) is 7.99. The molecule has 2 amide bonds. The van der Waals surface area contributed by atoms with Crippen molar-refractivity contribution in [3.63, 3.8) is 0 Å². The molecule has 176 valence electrons. The third-order valence-electron chi connectivity index (χ3n) is 6.06. The lowest BCUT2D eigenvalue weighted by molar-refractivity contribution is -0.138. The molecule has 0 radical (unpaired) electrons. The van der Waals surface area contributed by atoms with E-state index in [0.717, 1.165) is 10.9 Å². The van der Waals surface area contributed by atoms with Gasteiger partial charge in [-0.25, -0.2) is 4.39 Å². The van der Waals surface area contributed by atoms with E-state index < -0.39 is 23.8 Å². The van der Waals surface area contributed by atoms with Gasteiger partial charge in [0.05, 0.1) is 5.02 Å². The average Bonchev–Trinajstić information content (AvgIpc) is 3.32. The van der Waals surface area contributed by atoms with Crippen molar-refractivity contribution in [3.05, 3.63) is 82.8 Å². The van der Waals surface area contributed by atoms with E-state index in [1.54, 1.807) is 16.8 Å². The number of aromatic nitrogens is 1. The standard InChI is InChI=1S/C25H24ClFN4O3/c1-14-20(28)12-31(24(14)25(34)29-10-16-6-5-8-19(26)23(16)27)22(33)13-30-11-18(15(2)32)17-7-3-4-9-21(17)30/h3-9,11,20,24H,1,10,12-13,28H2,2H3,(H,29,34)/t20-,24+/m1/s1. The summed E-state index contributed by atoms with van der Waals surface area (Å²) < 4.78 is 15.9. The highest BCUT2D eigenvalue weighted by Crippen LogP contribution is 2.25. The van der Waals surface area contributed by atoms with E-state index in [0.29, 0.717) is 11.1 Å². The third-order valence-corrected chi connectivity index (χ3v) is 6.35. The van der Waals surface area contributed by atoms with Crippen LogP contribution in [-0.4, -0.2) is 45.7 Å². The minimum absolute atomic E-state index is 0.0419. The number of Topliss-reactive ketones (excluding diaryl/α,β-unsaturated/α-hetero) is 1. The lowest BCUT2D eigenvalue weighted by atomic mass is 10.1. The number of nitrogens with zero attached hydrogens (tertiary/aromatic N) is 2. The second kappa shape index (κ2) is 9.40. The fourth-order valence-corrected chi connectivity index (χ4v) is 4.45. The van der Waals surface area contributed by atoms with Gasteiger partial charge in [0.1, 0.15) is 18.4 Å². The molecule has 4 rings (SSSR count). The maximum atomic E-state index is 14.2. The number of hydrogen-bond acceptors (Lipinski definition) is 4. The van der Waals surface area contributed by atoms with Gasteiger partial charge in [-0.3, -0.25) is 14.4 Å². The Balaban J connectivity index is 1.54. The number of benzene rings is 2. The molecular formula is C25H24ClFN4O3. The third kappa shape index (κ3) is 4.34. The molecule has 2 heterocycles. The zero-order chi connectivity index (χ0) is 24.6. The van der Waals surface area contributed by atoms with Crippen molar-refractivity contribution in [2.75, 3.05) is 6.54 Å². The second-order valence-electron chi connectivity index (χ2n) is 8.30. The number of ketones is 1. The molecule has 3 aromatic rings. The molecule has 7 nitrogen and oxygen atoms in total. The molecule has 1 aliphatic rings. The van der Waals surface area contributed by atoms with Crippen molar-refractivity contribution < 1.29 is 18.8 Å². The van der Waals surface area contributed by atoms with Gasteiger partial charge in [0.2, 0.25) is 11.8 Å². The van der Waals surface area contributed by atoms with E-state index in [4.69, 9.17) is 17.3 Å². The Hall–Kier alpha value is -3.49. The number of rotatable bonds is 6. The zero-order valence-electron chi connectivity index (χ0n) is 18.6. The average molecular weight is 483 g/mol. The van der Waals surface area contributed by atoms with Crippen LogP contribution in [0.15, 0.2) is 60.8 Å². The number of fused-ring (bicyclic) bond motifs is 1. The van der Waals surface area contributed by atoms with Crippen LogP contribution >= 0.6 is 11.6 Å². The van der Waals surface area contributed by atoms with Gasteiger partial charge < -0.3 is 20.5 Å². The molecule has 0 unspecified atom stereocenters. The maximum absolute atomic E-state index is 14.2. The molecule has 2 aromatic carbocycles. The SMILES string of the molecule is C=C1[C@@H](C(=O)NCc2cccc(Cl)c2F)N(C(=O)Cn2cc(C(C)=O)c3ccccc32)C[C@H]1N. The highest BCUT2D eigenvalue weighted by atomic mass is 35.5. The van der Waals surface area contributed by atoms with E-state index in [-0.39, 0.29) is 41.9 Å². The molecule has 34 heavy (non-hydrogen) atoms. The van der Waals surface area contributed by atoms with Crippen molar-refractivity contribution in [1.29, 1.82) is 0 Å². The van der Waals surface area contributed by atoms with Gasteiger partial charge in [-0.1, -0.05) is 48.5 Å². The first-order valence-electron chi connectivity index (χ1n) is 10.7. The molecule has 1 aliphatic heterocycles. The first-order chi connectivity index (χ1) is 16.2. The highest BCUT2D eigenvalue weighted by molar-refractivity contribution is 6.30. The monoisotopic (exact) mass is 482 g/mol. The van der Waals surface area contributed by atoms with Crippen LogP contribution < -0.4 is 11.1 Å². The lowest BCUT2D eigenvalue weighted by Gasteiger charge is -2.24. The Morgan fingerprint density at radius 1 is 1.21 bits per heavy atom. The molecule has 0 spiro atoms. The predicted octanol–water partition coefficient (Wildman–Crippen LogP) is 3.05. The van der Waals surface area contributed by atoms with Crippen molar-refractivity contribution in [2.45, 2.75) is 32.1 Å². The van der Waals surface area contributed by atoms with E-state index in [1.807, 2.05) is 24.3 Å². The number of carbonyl (C=O) groups is 3. The summed E-state index contributed by atoms with van der Waals surface area (Å²) in [4.78, 5) is 39.7. The van der Waals surface area contributed by atoms with Crippen molar-refractivity contribution in [3.8, 4) is 0 Å². The maximum Gasteiger partial charge on any atom is 0.247 e. The van der Waals surface area contributed by atoms with Crippen LogP contribution in [-0.2, 0) is 22.7 Å². The largest absolute Gasteiger partial charge is 0.350 e. The molecule has 2 atom stereocenters. The van der Waals surface area contributed by atoms with Gasteiger partial charge in [-0.2, -0.15) is 0 Å². The summed E-state index contributed by atoms with van der Waals surface area (Å²) >= 11 is 5.81. The van der Waals surface area contributed by atoms with Crippen molar-refractivity contribution in [1.82, 2.24) is 14.8 Å². The van der Waals surface area contributed by atoms with Gasteiger partial charge in [0, 0.05) is 47.4 Å². The minimum atomic E-state index is -0.987. The number of carbonyl (C=O) groups excluding carboxylic acids is 3. The number of likely N-dealkylation sites (tertiary alicyclic amines) is 1. The zero-order valence-corrected chi connectivity index (χ0v) is 19.3. The normalized spacial score (nSPS) is 17.9. The lowest BCUT2D eigenvalue weighted by Crippen LogP contribution is -2.47. The fraction of sp³-hybridized carbons (Fsp3) is 0.240. The smallest absolute Gasteiger partial charge is 0.247 e. The van der Waals surface area contributed by atoms with Gasteiger partial charge in [-0.15, -0.1) is 0 Å². The predicted molar refractivity (Wildman–Crippen MR) is 128 cm³/mol. The van der Waals surface area contributed by atoms with Gasteiger partial charge in [0.15, 0.2) is 5.78 Å². The highest BCUT2D eigenvalue weighted by Gasteiger charge is 2.41. The van der Waals surface area contributed by atoms with Gasteiger partial charge >= 0.3 is 0 Å². The molecular weight excluding hydrogens is 459 g/mol. The summed E-state index contributed by atoms with van der Waals surface area (Å²) in [6.45, 7) is 5.33. The Morgan fingerprint density at radius 2 is 1.94 bits per heavy atom. The van der Waals surface area contributed by atoms with E-state index in [2.05, 4.69) is 11.9 Å². The van der Waals surface area contributed by atoms with Crippen LogP contribution in [0.3, 0.4) is 0 Å². The first kappa shape index (κ1) is 23.7. The summed E-state index contributed by atoms with van der Waals surface area (Å²) in [7, 11) is 0. The Kier molecular flexibility index (Phi) is 6.54. The molecule has 1 fully saturated rings. The number of halogens is 2. The Bertz CT molecular complexity index is 1320. The minimum Gasteiger partial charge on any atom is -0.350 e. The quantitative estimate of drug-likeness (QED) is 0.417. The van der Waals surface area contributed by atoms with Crippen LogP contribution in [0.4, 0.5) is 4.39 Å². The second-order valence-corrected chi connectivity index (χ2v) is 8.71. The molecule has 0 bridgehead atoms. The number of para-hydroxylation sites is 1. The first-order valence-corrected chi connectivity index (χ1v) is 11.1. The summed E-state index contributed by atoms with van der Waals surface area (Å²) in [5.74, 6) is -1.57. The molecule has 0 aliphatic carbocycles. The van der Waals surface area contributed by atoms with Crippen molar-refractivity contribution >= 4 is 40.1 Å². The molecule has 1 saturated heterocycles. The van der Waals surface area contributed by atoms with Crippen LogP contribution in [0.5, 0.6) is 0 Å². The molecule has 9 heteroatoms. The fourth-order valence-electron chi connectivity index (χ4n) is 4.25. The number of nitrogens with one attached hydrogen (secondary N) is 1. The number of hydrogen-bond donors (Lipinski definition) is 2. The molecule has 3 N–H and O–H groups in total. The van der Waals surface area contributed by atoms with Gasteiger partial charge in [-0.05, 0) is 24.6 Å². The van der Waals surface area contributed by atoms with E-state index >= 15 is 0 Å².